The van der Waals surface area contributed by atoms with Gasteiger partial charge in [0.15, 0.2) is 0 Å². The molecule has 176 valence electrons. The lowest BCUT2D eigenvalue weighted by molar-refractivity contribution is -0.151. The van der Waals surface area contributed by atoms with Crippen LogP contribution < -0.4 is 0 Å². The Balaban J connectivity index is 1.42. The smallest absolute Gasteiger partial charge is 0.108 e. The van der Waals surface area contributed by atoms with Gasteiger partial charge in [-0.15, -0.1) is 0 Å². The van der Waals surface area contributed by atoms with Gasteiger partial charge in [0.25, 0.3) is 0 Å². The molecule has 2 aliphatic heterocycles. The molecule has 6 atom stereocenters. The summed E-state index contributed by atoms with van der Waals surface area (Å²) in [4.78, 5) is 0. The summed E-state index contributed by atoms with van der Waals surface area (Å²) in [5.74, 6) is 0.150. The number of benzene rings is 2. The fraction of sp³-hybridized carbons (Fsp3) is 0.517. The zero-order valence-corrected chi connectivity index (χ0v) is 20.2. The normalized spacial score (nSPS) is 34.9. The molecule has 2 heterocycles. The number of rotatable bonds is 8. The Morgan fingerprint density at radius 3 is 2.18 bits per heavy atom. The van der Waals surface area contributed by atoms with Gasteiger partial charge in [-0.1, -0.05) is 72.3 Å². The van der Waals surface area contributed by atoms with Gasteiger partial charge in [0.05, 0.1) is 36.4 Å². The first kappa shape index (κ1) is 22.8. The summed E-state index contributed by atoms with van der Waals surface area (Å²) in [6, 6.07) is 21.0. The lowest BCUT2D eigenvalue weighted by Gasteiger charge is -2.44. The first-order chi connectivity index (χ1) is 16.0. The molecular weight excluding hydrogens is 412 g/mol. The molecule has 4 nitrogen and oxygen atoms in total. The van der Waals surface area contributed by atoms with E-state index >= 15 is 0 Å². The number of ether oxygens (including phenoxy) is 4. The van der Waals surface area contributed by atoms with E-state index in [2.05, 4.69) is 75.4 Å². The third-order valence-electron chi connectivity index (χ3n) is 7.75. The topological polar surface area (TPSA) is 43.5 Å². The van der Waals surface area contributed by atoms with Crippen molar-refractivity contribution < 1.29 is 18.9 Å². The summed E-state index contributed by atoms with van der Waals surface area (Å²) >= 11 is 0. The Kier molecular flexibility index (Phi) is 6.21. The van der Waals surface area contributed by atoms with E-state index < -0.39 is 0 Å². The molecule has 0 radical (unpaired) electrons. The third kappa shape index (κ3) is 4.42. The Bertz CT molecular complexity index is 924. The van der Waals surface area contributed by atoms with Gasteiger partial charge in [-0.05, 0) is 51.2 Å². The van der Waals surface area contributed by atoms with Crippen LogP contribution in [0.15, 0.2) is 72.3 Å². The zero-order valence-electron chi connectivity index (χ0n) is 20.2. The van der Waals surface area contributed by atoms with Gasteiger partial charge < -0.3 is 18.9 Å². The van der Waals surface area contributed by atoms with Gasteiger partial charge in [-0.2, -0.15) is 0 Å². The van der Waals surface area contributed by atoms with Crippen LogP contribution >= 0.6 is 0 Å². The second-order valence-corrected chi connectivity index (χ2v) is 10.3. The average molecular weight is 449 g/mol. The van der Waals surface area contributed by atoms with E-state index in [0.29, 0.717) is 0 Å². The van der Waals surface area contributed by atoms with Crippen LogP contribution in [0.25, 0.3) is 0 Å². The van der Waals surface area contributed by atoms with Crippen molar-refractivity contribution in [1.82, 2.24) is 0 Å². The van der Waals surface area contributed by atoms with Crippen molar-refractivity contribution in [3.63, 3.8) is 0 Å². The number of hydrogen-bond donors (Lipinski definition) is 0. The second kappa shape index (κ2) is 8.99. The van der Waals surface area contributed by atoms with Crippen LogP contribution in [0.1, 0.15) is 57.3 Å². The number of epoxide rings is 2. The van der Waals surface area contributed by atoms with E-state index in [4.69, 9.17) is 18.9 Å². The van der Waals surface area contributed by atoms with E-state index in [9.17, 15) is 0 Å². The lowest BCUT2D eigenvalue weighted by atomic mass is 9.68. The Morgan fingerprint density at radius 2 is 1.67 bits per heavy atom. The first-order valence-electron chi connectivity index (χ1n) is 12.2. The van der Waals surface area contributed by atoms with Gasteiger partial charge in [0, 0.05) is 7.11 Å². The van der Waals surface area contributed by atoms with Crippen molar-refractivity contribution in [3.8, 4) is 0 Å². The Morgan fingerprint density at radius 1 is 1.06 bits per heavy atom. The SMILES string of the molecule is COC1C(OC(c2ccccc2)c2ccccc2)CCC2(CO2)C1C1(C)OC1CC=C(C)C. The molecule has 0 aromatic heterocycles. The number of methoxy groups -OCH3 is 1. The van der Waals surface area contributed by atoms with Crippen LogP contribution in [0.2, 0.25) is 0 Å². The van der Waals surface area contributed by atoms with Gasteiger partial charge in [0.1, 0.15) is 11.7 Å². The molecule has 0 N–H and O–H groups in total. The largest absolute Gasteiger partial charge is 0.378 e. The van der Waals surface area contributed by atoms with E-state index in [0.717, 1.165) is 37.0 Å². The maximum Gasteiger partial charge on any atom is 0.108 e. The quantitative estimate of drug-likeness (QED) is 0.374. The second-order valence-electron chi connectivity index (χ2n) is 10.3. The highest BCUT2D eigenvalue weighted by molar-refractivity contribution is 5.30. The van der Waals surface area contributed by atoms with E-state index in [1.165, 1.54) is 5.57 Å². The zero-order chi connectivity index (χ0) is 23.1. The number of hydrogen-bond acceptors (Lipinski definition) is 4. The van der Waals surface area contributed by atoms with Crippen molar-refractivity contribution >= 4 is 0 Å². The standard InChI is InChI=1S/C29H36O4/c1-20(2)15-16-24-28(3,33-24)27-26(30-4)23(17-18-29(27)19-31-29)32-25(21-11-7-5-8-12-21)22-13-9-6-10-14-22/h5-15,23-27H,16-19H2,1-4H3. The van der Waals surface area contributed by atoms with Crippen molar-refractivity contribution in [2.24, 2.45) is 5.92 Å². The fourth-order valence-electron chi connectivity index (χ4n) is 5.87. The number of allylic oxidation sites excluding steroid dienone is 1. The van der Waals surface area contributed by atoms with Crippen LogP contribution in [0.5, 0.6) is 0 Å². The minimum Gasteiger partial charge on any atom is -0.378 e. The van der Waals surface area contributed by atoms with Crippen molar-refractivity contribution in [2.45, 2.75) is 75.7 Å². The maximum absolute atomic E-state index is 6.93. The molecule has 2 aromatic rings. The summed E-state index contributed by atoms with van der Waals surface area (Å²) < 4.78 is 25.6. The molecule has 1 saturated carbocycles. The van der Waals surface area contributed by atoms with Gasteiger partial charge >= 0.3 is 0 Å². The average Bonchev–Trinajstić information content (AvgIpc) is 3.75. The first-order valence-corrected chi connectivity index (χ1v) is 12.2. The van der Waals surface area contributed by atoms with Crippen LogP contribution in [-0.4, -0.2) is 43.2 Å². The van der Waals surface area contributed by atoms with Crippen molar-refractivity contribution in [1.29, 1.82) is 0 Å². The molecule has 33 heavy (non-hydrogen) atoms. The third-order valence-corrected chi connectivity index (χ3v) is 7.75. The highest BCUT2D eigenvalue weighted by Gasteiger charge is 2.72. The summed E-state index contributed by atoms with van der Waals surface area (Å²) in [7, 11) is 1.81. The highest BCUT2D eigenvalue weighted by atomic mass is 16.6. The predicted octanol–water partition coefficient (Wildman–Crippen LogP) is 5.87. The van der Waals surface area contributed by atoms with Gasteiger partial charge in [-0.3, -0.25) is 0 Å². The Labute approximate surface area is 197 Å². The monoisotopic (exact) mass is 448 g/mol. The van der Waals surface area contributed by atoms with Crippen LogP contribution in [0.3, 0.4) is 0 Å². The van der Waals surface area contributed by atoms with Crippen molar-refractivity contribution in [2.75, 3.05) is 13.7 Å². The Hall–Kier alpha value is -1.98. The minimum atomic E-state index is -0.250. The molecule has 2 aromatic carbocycles. The molecular formula is C29H36O4. The predicted molar refractivity (Wildman–Crippen MR) is 129 cm³/mol. The van der Waals surface area contributed by atoms with Crippen LogP contribution in [0, 0.1) is 5.92 Å². The summed E-state index contributed by atoms with van der Waals surface area (Å²) in [6.45, 7) is 7.31. The minimum absolute atomic E-state index is 0.0367. The molecule has 5 rings (SSSR count). The van der Waals surface area contributed by atoms with Crippen LogP contribution in [0.4, 0.5) is 0 Å². The summed E-state index contributed by atoms with van der Waals surface area (Å²) in [5.41, 5.74) is 3.26. The molecule has 1 aliphatic carbocycles. The van der Waals surface area contributed by atoms with E-state index in [-0.39, 0.29) is 41.5 Å². The van der Waals surface area contributed by atoms with E-state index in [1.54, 1.807) is 0 Å². The van der Waals surface area contributed by atoms with Gasteiger partial charge in [0.2, 0.25) is 0 Å². The van der Waals surface area contributed by atoms with E-state index in [1.807, 2.05) is 19.2 Å². The maximum atomic E-state index is 6.93. The molecule has 3 aliphatic rings. The lowest BCUT2D eigenvalue weighted by Crippen LogP contribution is -2.55. The highest BCUT2D eigenvalue weighted by Crippen LogP contribution is 2.60. The molecule has 6 unspecified atom stereocenters. The molecule has 2 saturated heterocycles. The van der Waals surface area contributed by atoms with Crippen LogP contribution in [-0.2, 0) is 18.9 Å². The van der Waals surface area contributed by atoms with Gasteiger partial charge in [-0.25, -0.2) is 0 Å². The molecule has 3 fully saturated rings. The van der Waals surface area contributed by atoms with Crippen molar-refractivity contribution in [3.05, 3.63) is 83.4 Å². The molecule has 0 amide bonds. The summed E-state index contributed by atoms with van der Waals surface area (Å²) in [5, 5.41) is 0. The molecule has 1 spiro atoms. The molecule has 4 heteroatoms. The summed E-state index contributed by atoms with van der Waals surface area (Å²) in [6.07, 6.45) is 5.04. The molecule has 0 bridgehead atoms. The fourth-order valence-corrected chi connectivity index (χ4v) is 5.87.